The summed E-state index contributed by atoms with van der Waals surface area (Å²) in [6, 6.07) is 0. The van der Waals surface area contributed by atoms with Gasteiger partial charge in [-0.2, -0.15) is 0 Å². The molecule has 66 valence electrons. The van der Waals surface area contributed by atoms with E-state index in [1.807, 2.05) is 13.8 Å². The van der Waals surface area contributed by atoms with E-state index in [1.165, 1.54) is 14.2 Å². The zero-order chi connectivity index (χ0) is 8.85. The summed E-state index contributed by atoms with van der Waals surface area (Å²) in [5.74, 6) is 0.153. The Morgan fingerprint density at radius 1 is 1.36 bits per heavy atom. The monoisotopic (exact) mass is 160 g/mol. The maximum Gasteiger partial charge on any atom is 0.334 e. The molecule has 0 unspecified atom stereocenters. The lowest BCUT2D eigenvalue weighted by Gasteiger charge is -2.14. The highest BCUT2D eigenvalue weighted by Crippen LogP contribution is 2.08. The molecule has 0 aliphatic rings. The third-order valence-corrected chi connectivity index (χ3v) is 1.43. The SMILES string of the molecule is COC(=O)[C@H](CC(C)C)OC. The topological polar surface area (TPSA) is 35.5 Å². The van der Waals surface area contributed by atoms with Crippen molar-refractivity contribution in [3.63, 3.8) is 0 Å². The van der Waals surface area contributed by atoms with Gasteiger partial charge in [-0.1, -0.05) is 13.8 Å². The van der Waals surface area contributed by atoms with Gasteiger partial charge in [0.15, 0.2) is 6.10 Å². The Hall–Kier alpha value is -0.570. The molecule has 11 heavy (non-hydrogen) atoms. The van der Waals surface area contributed by atoms with Gasteiger partial charge < -0.3 is 9.47 Å². The van der Waals surface area contributed by atoms with E-state index in [2.05, 4.69) is 4.74 Å². The quantitative estimate of drug-likeness (QED) is 0.580. The highest BCUT2D eigenvalue weighted by Gasteiger charge is 2.18. The molecule has 0 aliphatic carbocycles. The van der Waals surface area contributed by atoms with E-state index in [1.54, 1.807) is 0 Å². The second kappa shape index (κ2) is 5.13. The number of rotatable bonds is 4. The first-order chi connectivity index (χ1) is 5.11. The van der Waals surface area contributed by atoms with Gasteiger partial charge in [-0.3, -0.25) is 0 Å². The maximum atomic E-state index is 10.9. The molecule has 0 fully saturated rings. The molecule has 0 amide bonds. The summed E-state index contributed by atoms with van der Waals surface area (Å²) in [6.07, 6.45) is 0.309. The van der Waals surface area contributed by atoms with Crippen LogP contribution in [0.4, 0.5) is 0 Å². The molecule has 0 saturated carbocycles. The number of hydrogen-bond donors (Lipinski definition) is 0. The van der Waals surface area contributed by atoms with Crippen molar-refractivity contribution >= 4 is 5.97 Å². The Labute approximate surface area is 67.7 Å². The number of hydrogen-bond acceptors (Lipinski definition) is 3. The molecule has 0 spiro atoms. The van der Waals surface area contributed by atoms with Crippen molar-refractivity contribution < 1.29 is 14.3 Å². The first-order valence-corrected chi connectivity index (χ1v) is 3.72. The van der Waals surface area contributed by atoms with Crippen LogP contribution in [0.25, 0.3) is 0 Å². The van der Waals surface area contributed by atoms with Gasteiger partial charge in [0.1, 0.15) is 0 Å². The summed E-state index contributed by atoms with van der Waals surface area (Å²) in [6.45, 7) is 4.07. The van der Waals surface area contributed by atoms with Gasteiger partial charge in [-0.05, 0) is 12.3 Å². The van der Waals surface area contributed by atoms with E-state index < -0.39 is 6.10 Å². The molecule has 0 saturated heterocycles. The molecular formula is C8H16O3. The fourth-order valence-corrected chi connectivity index (χ4v) is 0.848. The summed E-state index contributed by atoms with van der Waals surface area (Å²) < 4.78 is 9.48. The molecule has 0 heterocycles. The van der Waals surface area contributed by atoms with Crippen molar-refractivity contribution in [3.05, 3.63) is 0 Å². The van der Waals surface area contributed by atoms with Crippen LogP contribution in [-0.2, 0) is 14.3 Å². The van der Waals surface area contributed by atoms with Crippen molar-refractivity contribution in [2.45, 2.75) is 26.4 Å². The van der Waals surface area contributed by atoms with Crippen LogP contribution in [-0.4, -0.2) is 26.3 Å². The highest BCUT2D eigenvalue weighted by molar-refractivity contribution is 5.74. The Morgan fingerprint density at radius 3 is 2.18 bits per heavy atom. The average Bonchev–Trinajstić information content (AvgIpc) is 1.98. The van der Waals surface area contributed by atoms with E-state index in [-0.39, 0.29) is 5.97 Å². The molecule has 0 aromatic carbocycles. The Morgan fingerprint density at radius 2 is 1.91 bits per heavy atom. The van der Waals surface area contributed by atoms with E-state index in [9.17, 15) is 4.79 Å². The van der Waals surface area contributed by atoms with E-state index in [0.29, 0.717) is 12.3 Å². The lowest BCUT2D eigenvalue weighted by Crippen LogP contribution is -2.25. The number of esters is 1. The van der Waals surface area contributed by atoms with Gasteiger partial charge in [-0.15, -0.1) is 0 Å². The normalized spacial score (nSPS) is 13.2. The lowest BCUT2D eigenvalue weighted by molar-refractivity contribution is -0.153. The number of carbonyl (C=O) groups excluding carboxylic acids is 1. The van der Waals surface area contributed by atoms with Crippen LogP contribution in [0.2, 0.25) is 0 Å². The molecule has 0 radical (unpaired) electrons. The van der Waals surface area contributed by atoms with Crippen molar-refractivity contribution in [3.8, 4) is 0 Å². The van der Waals surface area contributed by atoms with Gasteiger partial charge >= 0.3 is 5.97 Å². The molecule has 3 nitrogen and oxygen atoms in total. The van der Waals surface area contributed by atoms with Gasteiger partial charge in [0, 0.05) is 7.11 Å². The molecule has 1 atom stereocenters. The summed E-state index contributed by atoms with van der Waals surface area (Å²) >= 11 is 0. The standard InChI is InChI=1S/C8H16O3/c1-6(2)5-7(10-3)8(9)11-4/h6-7H,5H2,1-4H3/t7-/m0/s1. The van der Waals surface area contributed by atoms with Gasteiger partial charge in [0.2, 0.25) is 0 Å². The third-order valence-electron chi connectivity index (χ3n) is 1.43. The van der Waals surface area contributed by atoms with Crippen LogP contribution in [0.5, 0.6) is 0 Å². The van der Waals surface area contributed by atoms with Gasteiger partial charge in [0.25, 0.3) is 0 Å². The molecular weight excluding hydrogens is 144 g/mol. The molecule has 0 aliphatic heterocycles. The van der Waals surface area contributed by atoms with Crippen LogP contribution >= 0.6 is 0 Å². The van der Waals surface area contributed by atoms with Crippen molar-refractivity contribution in [2.24, 2.45) is 5.92 Å². The molecule has 0 N–H and O–H groups in total. The predicted octanol–water partition coefficient (Wildman–Crippen LogP) is 1.22. The Kier molecular flexibility index (Phi) is 4.86. The number of methoxy groups -OCH3 is 2. The first-order valence-electron chi connectivity index (χ1n) is 3.72. The second-order valence-electron chi connectivity index (χ2n) is 2.88. The van der Waals surface area contributed by atoms with Crippen LogP contribution in [0.1, 0.15) is 20.3 Å². The zero-order valence-corrected chi connectivity index (χ0v) is 7.59. The van der Waals surface area contributed by atoms with E-state index in [0.717, 1.165) is 0 Å². The summed E-state index contributed by atoms with van der Waals surface area (Å²) in [5, 5.41) is 0. The third kappa shape index (κ3) is 3.98. The minimum atomic E-state index is -0.403. The van der Waals surface area contributed by atoms with E-state index in [4.69, 9.17) is 4.74 Å². The molecule has 0 aromatic rings. The lowest BCUT2D eigenvalue weighted by atomic mass is 10.1. The molecule has 0 aromatic heterocycles. The van der Waals surface area contributed by atoms with Crippen molar-refractivity contribution in [1.29, 1.82) is 0 Å². The minimum absolute atomic E-state index is 0.291. The summed E-state index contributed by atoms with van der Waals surface area (Å²) in [5.41, 5.74) is 0. The smallest absolute Gasteiger partial charge is 0.334 e. The number of carbonyl (C=O) groups is 1. The van der Waals surface area contributed by atoms with Gasteiger partial charge in [-0.25, -0.2) is 4.79 Å². The second-order valence-corrected chi connectivity index (χ2v) is 2.88. The zero-order valence-electron chi connectivity index (χ0n) is 7.59. The summed E-state index contributed by atoms with van der Waals surface area (Å²) in [4.78, 5) is 10.9. The highest BCUT2D eigenvalue weighted by atomic mass is 16.6. The fraction of sp³-hybridized carbons (Fsp3) is 0.875. The largest absolute Gasteiger partial charge is 0.467 e. The predicted molar refractivity (Wildman–Crippen MR) is 42.3 cm³/mol. The average molecular weight is 160 g/mol. The number of ether oxygens (including phenoxy) is 2. The molecule has 0 rings (SSSR count). The molecule has 3 heteroatoms. The Bertz CT molecular complexity index is 121. The maximum absolute atomic E-state index is 10.9. The summed E-state index contributed by atoms with van der Waals surface area (Å²) in [7, 11) is 2.89. The van der Waals surface area contributed by atoms with Crippen LogP contribution in [0.15, 0.2) is 0 Å². The fourth-order valence-electron chi connectivity index (χ4n) is 0.848. The van der Waals surface area contributed by atoms with Crippen molar-refractivity contribution in [1.82, 2.24) is 0 Å². The van der Waals surface area contributed by atoms with E-state index >= 15 is 0 Å². The minimum Gasteiger partial charge on any atom is -0.467 e. The Balaban J connectivity index is 3.84. The first kappa shape index (κ1) is 10.4. The van der Waals surface area contributed by atoms with Crippen LogP contribution in [0.3, 0.4) is 0 Å². The van der Waals surface area contributed by atoms with Gasteiger partial charge in [0.05, 0.1) is 7.11 Å². The van der Waals surface area contributed by atoms with Crippen LogP contribution in [0, 0.1) is 5.92 Å². The van der Waals surface area contributed by atoms with Crippen LogP contribution < -0.4 is 0 Å². The molecule has 0 bridgehead atoms. The van der Waals surface area contributed by atoms with Crippen molar-refractivity contribution in [2.75, 3.05) is 14.2 Å².